The largest absolute Gasteiger partial charge is 0.394 e. The van der Waals surface area contributed by atoms with Crippen LogP contribution in [0.4, 0.5) is 5.82 Å². The maximum Gasteiger partial charge on any atom is 0.196 e. The van der Waals surface area contributed by atoms with Gasteiger partial charge >= 0.3 is 0 Å². The normalized spacial score (nSPS) is 23.0. The predicted molar refractivity (Wildman–Crippen MR) is 132 cm³/mol. The van der Waals surface area contributed by atoms with Gasteiger partial charge in [-0.15, -0.1) is 0 Å². The van der Waals surface area contributed by atoms with Gasteiger partial charge in [-0.2, -0.15) is 0 Å². The minimum atomic E-state index is -1.24. The molecule has 0 amide bonds. The van der Waals surface area contributed by atoms with E-state index >= 15 is 0 Å². The van der Waals surface area contributed by atoms with Crippen LogP contribution < -0.4 is 5.32 Å². The van der Waals surface area contributed by atoms with E-state index in [-0.39, 0.29) is 6.04 Å². The number of imidazole rings is 1. The number of fused-ring (bicyclic) bond motifs is 1. The molecule has 1 saturated heterocycles. The third kappa shape index (κ3) is 5.02. The SMILES string of the molecule is C[C@H](Cc1ccccc1)Nc1nc(Sc2ccccc2)nc2c1ncn2[C@@H]1O[C@H](CO)[C@@H](O)[C@H]1O. The summed E-state index contributed by atoms with van der Waals surface area (Å²) >= 11 is 1.41. The zero-order valence-electron chi connectivity index (χ0n) is 19.1. The average molecular weight is 494 g/mol. The first-order chi connectivity index (χ1) is 17.0. The van der Waals surface area contributed by atoms with Crippen molar-refractivity contribution in [3.8, 4) is 0 Å². The van der Waals surface area contributed by atoms with Crippen molar-refractivity contribution in [1.82, 2.24) is 19.5 Å². The highest BCUT2D eigenvalue weighted by Crippen LogP contribution is 2.34. The van der Waals surface area contributed by atoms with Crippen molar-refractivity contribution in [3.63, 3.8) is 0 Å². The molecular formula is C25H27N5O4S. The summed E-state index contributed by atoms with van der Waals surface area (Å²) in [5, 5.41) is 34.3. The van der Waals surface area contributed by atoms with Crippen molar-refractivity contribution in [2.24, 2.45) is 0 Å². The Balaban J connectivity index is 1.51. The number of aromatic nitrogens is 4. The summed E-state index contributed by atoms with van der Waals surface area (Å²) in [6, 6.07) is 20.1. The highest BCUT2D eigenvalue weighted by atomic mass is 32.2. The molecule has 182 valence electrons. The Bertz CT molecular complexity index is 1270. The van der Waals surface area contributed by atoms with E-state index < -0.39 is 31.1 Å². The van der Waals surface area contributed by atoms with E-state index in [1.54, 1.807) is 4.57 Å². The monoisotopic (exact) mass is 493 g/mol. The second-order valence-electron chi connectivity index (χ2n) is 8.56. The lowest BCUT2D eigenvalue weighted by Crippen LogP contribution is -2.33. The van der Waals surface area contributed by atoms with Gasteiger partial charge in [0.15, 0.2) is 28.4 Å². The van der Waals surface area contributed by atoms with E-state index in [0.29, 0.717) is 22.1 Å². The van der Waals surface area contributed by atoms with E-state index in [1.165, 1.54) is 23.7 Å². The first-order valence-corrected chi connectivity index (χ1v) is 12.3. The smallest absolute Gasteiger partial charge is 0.196 e. The lowest BCUT2D eigenvalue weighted by molar-refractivity contribution is -0.0511. The molecule has 0 unspecified atom stereocenters. The number of hydrogen-bond donors (Lipinski definition) is 4. The molecular weight excluding hydrogens is 466 g/mol. The van der Waals surface area contributed by atoms with Crippen LogP contribution in [-0.4, -0.2) is 65.8 Å². The van der Waals surface area contributed by atoms with Crippen molar-refractivity contribution in [2.45, 2.75) is 54.0 Å². The summed E-state index contributed by atoms with van der Waals surface area (Å²) in [5.41, 5.74) is 2.19. The Labute approximate surface area is 206 Å². The van der Waals surface area contributed by atoms with Crippen LogP contribution in [0.1, 0.15) is 18.7 Å². The molecule has 35 heavy (non-hydrogen) atoms. The van der Waals surface area contributed by atoms with Crippen LogP contribution in [0, 0.1) is 0 Å². The third-order valence-corrected chi connectivity index (χ3v) is 6.79. The summed E-state index contributed by atoms with van der Waals surface area (Å²) in [6.07, 6.45) is -1.97. The van der Waals surface area contributed by atoms with E-state index in [0.717, 1.165) is 11.3 Å². The second kappa shape index (κ2) is 10.3. The standard InChI is InChI=1S/C25H27N5O4S/c1-15(12-16-8-4-2-5-9-16)27-22-19-23(29-25(28-22)35-17-10-6-3-7-11-17)30(14-26-19)24-21(33)20(32)18(13-31)34-24/h2-11,14-15,18,20-21,24,31-33H,12-13H2,1H3,(H,27,28,29)/t15-,18-,20-,21-,24-/m1/s1. The summed E-state index contributed by atoms with van der Waals surface area (Å²) in [5.74, 6) is 0.572. The number of hydrogen-bond acceptors (Lipinski definition) is 9. The number of nitrogens with zero attached hydrogens (tertiary/aromatic N) is 4. The Morgan fingerprint density at radius 3 is 2.43 bits per heavy atom. The maximum absolute atomic E-state index is 10.6. The zero-order valence-corrected chi connectivity index (χ0v) is 19.9. The first kappa shape index (κ1) is 23.7. The molecule has 1 fully saturated rings. The van der Waals surface area contributed by atoms with Crippen LogP contribution in [-0.2, 0) is 11.2 Å². The number of benzene rings is 2. The van der Waals surface area contributed by atoms with Gasteiger partial charge in [-0.25, -0.2) is 15.0 Å². The number of aliphatic hydroxyl groups is 3. The molecule has 4 N–H and O–H groups in total. The first-order valence-electron chi connectivity index (χ1n) is 11.4. The Morgan fingerprint density at radius 2 is 1.74 bits per heavy atom. The molecule has 1 aliphatic rings. The van der Waals surface area contributed by atoms with Gasteiger partial charge in [-0.05, 0) is 42.8 Å². The van der Waals surface area contributed by atoms with Crippen LogP contribution in [0.25, 0.3) is 11.2 Å². The van der Waals surface area contributed by atoms with Crippen molar-refractivity contribution in [3.05, 3.63) is 72.6 Å². The summed E-state index contributed by atoms with van der Waals surface area (Å²) in [6.45, 7) is 1.67. The van der Waals surface area contributed by atoms with Crippen LogP contribution in [0.5, 0.6) is 0 Å². The van der Waals surface area contributed by atoms with Gasteiger partial charge in [0, 0.05) is 10.9 Å². The predicted octanol–water partition coefficient (Wildman–Crippen LogP) is 2.63. The highest BCUT2D eigenvalue weighted by Gasteiger charge is 2.44. The number of rotatable bonds is 8. The molecule has 0 saturated carbocycles. The van der Waals surface area contributed by atoms with Crippen LogP contribution in [0.3, 0.4) is 0 Å². The number of nitrogens with one attached hydrogen (secondary N) is 1. The van der Waals surface area contributed by atoms with Crippen molar-refractivity contribution >= 4 is 28.7 Å². The fourth-order valence-corrected chi connectivity index (χ4v) is 4.96. The van der Waals surface area contributed by atoms with Gasteiger partial charge in [0.1, 0.15) is 18.3 Å². The van der Waals surface area contributed by atoms with Crippen LogP contribution >= 0.6 is 11.8 Å². The molecule has 10 heteroatoms. The fourth-order valence-electron chi connectivity index (χ4n) is 4.18. The molecule has 2 aromatic heterocycles. The Kier molecular flexibility index (Phi) is 6.98. The lowest BCUT2D eigenvalue weighted by atomic mass is 10.1. The molecule has 2 aromatic carbocycles. The van der Waals surface area contributed by atoms with Crippen LogP contribution in [0.15, 0.2) is 77.0 Å². The van der Waals surface area contributed by atoms with Gasteiger partial charge in [-0.3, -0.25) is 4.57 Å². The van der Waals surface area contributed by atoms with Crippen molar-refractivity contribution in [1.29, 1.82) is 0 Å². The second-order valence-corrected chi connectivity index (χ2v) is 9.60. The van der Waals surface area contributed by atoms with Gasteiger partial charge < -0.3 is 25.4 Å². The third-order valence-electron chi connectivity index (χ3n) is 5.91. The highest BCUT2D eigenvalue weighted by molar-refractivity contribution is 7.99. The summed E-state index contributed by atoms with van der Waals surface area (Å²) in [7, 11) is 0. The van der Waals surface area contributed by atoms with E-state index in [1.807, 2.05) is 48.5 Å². The molecule has 0 bridgehead atoms. The van der Waals surface area contributed by atoms with Gasteiger partial charge in [-0.1, -0.05) is 48.5 Å². The molecule has 4 aromatic rings. The molecule has 5 rings (SSSR count). The number of anilines is 1. The fraction of sp³-hybridized carbons (Fsp3) is 0.320. The Morgan fingerprint density at radius 1 is 1.03 bits per heavy atom. The molecule has 9 nitrogen and oxygen atoms in total. The molecule has 1 aliphatic heterocycles. The van der Waals surface area contributed by atoms with Gasteiger partial charge in [0.05, 0.1) is 12.9 Å². The topological polar surface area (TPSA) is 126 Å². The van der Waals surface area contributed by atoms with Crippen molar-refractivity contribution in [2.75, 3.05) is 11.9 Å². The average Bonchev–Trinajstić information content (AvgIpc) is 3.41. The molecule has 0 aliphatic carbocycles. The van der Waals surface area contributed by atoms with Crippen molar-refractivity contribution < 1.29 is 20.1 Å². The maximum atomic E-state index is 10.6. The molecule has 5 atom stereocenters. The zero-order chi connectivity index (χ0) is 24.4. The van der Waals surface area contributed by atoms with E-state index in [9.17, 15) is 15.3 Å². The molecule has 3 heterocycles. The molecule has 0 radical (unpaired) electrons. The minimum absolute atomic E-state index is 0.0594. The van der Waals surface area contributed by atoms with Gasteiger partial charge in [0.2, 0.25) is 0 Å². The van der Waals surface area contributed by atoms with E-state index in [2.05, 4.69) is 29.4 Å². The van der Waals surface area contributed by atoms with E-state index in [4.69, 9.17) is 14.7 Å². The van der Waals surface area contributed by atoms with Gasteiger partial charge in [0.25, 0.3) is 0 Å². The lowest BCUT2D eigenvalue weighted by Gasteiger charge is -2.18. The Hall–Kier alpha value is -3.02. The number of ether oxygens (including phenoxy) is 1. The summed E-state index contributed by atoms with van der Waals surface area (Å²) in [4.78, 5) is 15.0. The quantitative estimate of drug-likeness (QED) is 0.274. The number of aliphatic hydroxyl groups excluding tert-OH is 3. The van der Waals surface area contributed by atoms with Crippen LogP contribution in [0.2, 0.25) is 0 Å². The molecule has 0 spiro atoms. The summed E-state index contributed by atoms with van der Waals surface area (Å²) < 4.78 is 7.32. The minimum Gasteiger partial charge on any atom is -0.394 e.